The summed E-state index contributed by atoms with van der Waals surface area (Å²) in [5.74, 6) is 0. The van der Waals surface area contributed by atoms with E-state index < -0.39 is 18.2 Å². The highest BCUT2D eigenvalue weighted by Crippen LogP contribution is 2.32. The van der Waals surface area contributed by atoms with Gasteiger partial charge in [-0.1, -0.05) is 23.7 Å². The van der Waals surface area contributed by atoms with Crippen LogP contribution >= 0.6 is 11.6 Å². The normalized spacial score (nSPS) is 15.9. The lowest BCUT2D eigenvalue weighted by Crippen LogP contribution is -2.24. The second-order valence-corrected chi connectivity index (χ2v) is 4.33. The summed E-state index contributed by atoms with van der Waals surface area (Å²) >= 11 is 5.65. The molecule has 0 radical (unpaired) electrons. The van der Waals surface area contributed by atoms with Crippen LogP contribution in [-0.2, 0) is 5.60 Å². The molecule has 0 aliphatic rings. The van der Waals surface area contributed by atoms with Gasteiger partial charge in [-0.25, -0.2) is 0 Å². The fourth-order valence-corrected chi connectivity index (χ4v) is 1.46. The first-order chi connectivity index (χ1) is 7.21. The van der Waals surface area contributed by atoms with Crippen molar-refractivity contribution in [1.82, 2.24) is 0 Å². The molecule has 0 saturated carbocycles. The molecule has 16 heavy (non-hydrogen) atoms. The van der Waals surface area contributed by atoms with Crippen molar-refractivity contribution in [3.8, 4) is 0 Å². The number of hydrogen-bond acceptors (Lipinski definition) is 1. The van der Waals surface area contributed by atoms with Crippen molar-refractivity contribution in [3.05, 3.63) is 34.9 Å². The Labute approximate surface area is 96.9 Å². The van der Waals surface area contributed by atoms with E-state index in [4.69, 9.17) is 11.6 Å². The van der Waals surface area contributed by atoms with Crippen LogP contribution in [0.4, 0.5) is 13.2 Å². The zero-order valence-electron chi connectivity index (χ0n) is 8.68. The van der Waals surface area contributed by atoms with Gasteiger partial charge in [0.25, 0.3) is 0 Å². The summed E-state index contributed by atoms with van der Waals surface area (Å²) in [4.78, 5) is 0. The van der Waals surface area contributed by atoms with Crippen molar-refractivity contribution in [1.29, 1.82) is 0 Å². The van der Waals surface area contributed by atoms with Gasteiger partial charge in [0.05, 0.1) is 5.60 Å². The minimum absolute atomic E-state index is 0.363. The van der Waals surface area contributed by atoms with E-state index in [1.54, 1.807) is 12.1 Å². The van der Waals surface area contributed by atoms with Gasteiger partial charge in [-0.2, -0.15) is 13.2 Å². The summed E-state index contributed by atoms with van der Waals surface area (Å²) in [5, 5.41) is 10.4. The third-order valence-electron chi connectivity index (χ3n) is 2.36. The van der Waals surface area contributed by atoms with Crippen molar-refractivity contribution in [2.75, 3.05) is 0 Å². The molecule has 0 heterocycles. The number of hydrogen-bond donors (Lipinski definition) is 1. The maximum absolute atomic E-state index is 12.0. The average Bonchev–Trinajstić information content (AvgIpc) is 2.15. The van der Waals surface area contributed by atoms with Gasteiger partial charge in [0, 0.05) is 11.4 Å². The minimum Gasteiger partial charge on any atom is -0.385 e. The van der Waals surface area contributed by atoms with Crippen molar-refractivity contribution in [2.45, 2.75) is 31.5 Å². The standard InChI is InChI=1S/C11H12ClF3O/c1-10(16,6-7-11(13,14)15)8-2-4-9(12)5-3-8/h2-5,16H,6-7H2,1H3. The molecular formula is C11H12ClF3O. The SMILES string of the molecule is CC(O)(CCC(F)(F)F)c1ccc(Cl)cc1. The van der Waals surface area contributed by atoms with Crippen LogP contribution in [0.2, 0.25) is 5.02 Å². The summed E-state index contributed by atoms with van der Waals surface area (Å²) < 4.78 is 36.1. The lowest BCUT2D eigenvalue weighted by molar-refractivity contribution is -0.146. The predicted octanol–water partition coefficient (Wildman–Crippen LogP) is 3.89. The summed E-state index contributed by atoms with van der Waals surface area (Å²) in [7, 11) is 0. The largest absolute Gasteiger partial charge is 0.389 e. The zero-order chi connectivity index (χ0) is 12.4. The maximum atomic E-state index is 12.0. The second-order valence-electron chi connectivity index (χ2n) is 3.90. The van der Waals surface area contributed by atoms with Crippen LogP contribution in [0.1, 0.15) is 25.3 Å². The Morgan fingerprint density at radius 1 is 1.12 bits per heavy atom. The molecule has 0 spiro atoms. The highest BCUT2D eigenvalue weighted by molar-refractivity contribution is 6.30. The van der Waals surface area contributed by atoms with Gasteiger partial charge >= 0.3 is 6.18 Å². The van der Waals surface area contributed by atoms with E-state index in [2.05, 4.69) is 0 Å². The van der Waals surface area contributed by atoms with Crippen molar-refractivity contribution in [3.63, 3.8) is 0 Å². The molecule has 0 saturated heterocycles. The van der Waals surface area contributed by atoms with E-state index in [1.165, 1.54) is 19.1 Å². The molecule has 1 unspecified atom stereocenters. The van der Waals surface area contributed by atoms with Crippen LogP contribution in [0.25, 0.3) is 0 Å². The molecule has 0 aliphatic carbocycles. The van der Waals surface area contributed by atoms with Crippen molar-refractivity contribution < 1.29 is 18.3 Å². The second kappa shape index (κ2) is 4.63. The molecule has 1 aromatic rings. The molecule has 1 atom stereocenters. The molecule has 5 heteroatoms. The number of alkyl halides is 3. The number of aliphatic hydroxyl groups is 1. The Hall–Kier alpha value is -0.740. The third-order valence-corrected chi connectivity index (χ3v) is 2.61. The number of benzene rings is 1. The molecule has 90 valence electrons. The van der Waals surface area contributed by atoms with Gasteiger partial charge in [0.2, 0.25) is 0 Å². The van der Waals surface area contributed by atoms with E-state index in [-0.39, 0.29) is 6.42 Å². The third kappa shape index (κ3) is 4.02. The Bertz CT molecular complexity index is 343. The molecule has 0 amide bonds. The Balaban J connectivity index is 2.73. The monoisotopic (exact) mass is 252 g/mol. The highest BCUT2D eigenvalue weighted by Gasteiger charge is 2.32. The molecule has 1 aromatic carbocycles. The number of rotatable bonds is 3. The Morgan fingerprint density at radius 3 is 2.06 bits per heavy atom. The van der Waals surface area contributed by atoms with Gasteiger partial charge in [-0.05, 0) is 31.0 Å². The lowest BCUT2D eigenvalue weighted by atomic mass is 9.91. The predicted molar refractivity (Wildman–Crippen MR) is 56.3 cm³/mol. The topological polar surface area (TPSA) is 20.2 Å². The van der Waals surface area contributed by atoms with Crippen molar-refractivity contribution in [2.24, 2.45) is 0 Å². The summed E-state index contributed by atoms with van der Waals surface area (Å²) in [6.07, 6.45) is -5.63. The van der Waals surface area contributed by atoms with Gasteiger partial charge < -0.3 is 5.11 Å². The van der Waals surface area contributed by atoms with Crippen LogP contribution in [-0.4, -0.2) is 11.3 Å². The summed E-state index contributed by atoms with van der Waals surface area (Å²) in [6, 6.07) is 6.13. The number of halogens is 4. The highest BCUT2D eigenvalue weighted by atomic mass is 35.5. The van der Waals surface area contributed by atoms with Gasteiger partial charge in [-0.3, -0.25) is 0 Å². The first-order valence-electron chi connectivity index (χ1n) is 4.76. The average molecular weight is 253 g/mol. The van der Waals surface area contributed by atoms with Crippen LogP contribution in [0.3, 0.4) is 0 Å². The van der Waals surface area contributed by atoms with Crippen LogP contribution in [0.5, 0.6) is 0 Å². The van der Waals surface area contributed by atoms with E-state index in [1.807, 2.05) is 0 Å². The smallest absolute Gasteiger partial charge is 0.385 e. The van der Waals surface area contributed by atoms with E-state index in [9.17, 15) is 18.3 Å². The molecule has 1 nitrogen and oxygen atoms in total. The summed E-state index contributed by atoms with van der Waals surface area (Å²) in [5.41, 5.74) is -1.05. The fourth-order valence-electron chi connectivity index (χ4n) is 1.34. The first-order valence-corrected chi connectivity index (χ1v) is 5.14. The molecule has 1 N–H and O–H groups in total. The fraction of sp³-hybridized carbons (Fsp3) is 0.455. The van der Waals surface area contributed by atoms with E-state index in [0.29, 0.717) is 10.6 Å². The summed E-state index contributed by atoms with van der Waals surface area (Å²) in [6.45, 7) is 1.36. The molecule has 1 rings (SSSR count). The van der Waals surface area contributed by atoms with Gasteiger partial charge in [-0.15, -0.1) is 0 Å². The molecule has 0 aliphatic heterocycles. The van der Waals surface area contributed by atoms with Crippen LogP contribution < -0.4 is 0 Å². The molecule has 0 aromatic heterocycles. The van der Waals surface area contributed by atoms with Crippen molar-refractivity contribution >= 4 is 11.6 Å². The van der Waals surface area contributed by atoms with E-state index >= 15 is 0 Å². The van der Waals surface area contributed by atoms with Gasteiger partial charge in [0.15, 0.2) is 0 Å². The molecular weight excluding hydrogens is 241 g/mol. The molecule has 0 bridgehead atoms. The Morgan fingerprint density at radius 2 is 1.62 bits per heavy atom. The van der Waals surface area contributed by atoms with Crippen LogP contribution in [0, 0.1) is 0 Å². The lowest BCUT2D eigenvalue weighted by Gasteiger charge is -2.24. The van der Waals surface area contributed by atoms with E-state index in [0.717, 1.165) is 0 Å². The van der Waals surface area contributed by atoms with Gasteiger partial charge in [0.1, 0.15) is 0 Å². The maximum Gasteiger partial charge on any atom is 0.389 e. The van der Waals surface area contributed by atoms with Crippen LogP contribution in [0.15, 0.2) is 24.3 Å². The first kappa shape index (κ1) is 13.3. The Kier molecular flexibility index (Phi) is 3.86. The quantitative estimate of drug-likeness (QED) is 0.865. The molecule has 0 fully saturated rings. The zero-order valence-corrected chi connectivity index (χ0v) is 9.44. The minimum atomic E-state index is -4.25.